The van der Waals surface area contributed by atoms with Gasteiger partial charge in [-0.1, -0.05) is 30.3 Å². The van der Waals surface area contributed by atoms with Crippen LogP contribution in [0, 0.1) is 16.7 Å². The number of benzene rings is 1. The summed E-state index contributed by atoms with van der Waals surface area (Å²) in [5.41, 5.74) is 1.31. The van der Waals surface area contributed by atoms with E-state index < -0.39 is 0 Å². The minimum absolute atomic E-state index is 0.0318. The van der Waals surface area contributed by atoms with Crippen molar-refractivity contribution in [2.45, 2.75) is 38.5 Å². The Labute approximate surface area is 115 Å². The van der Waals surface area contributed by atoms with E-state index >= 15 is 0 Å². The van der Waals surface area contributed by atoms with Crippen molar-refractivity contribution in [2.24, 2.45) is 5.41 Å². The van der Waals surface area contributed by atoms with E-state index in [9.17, 15) is 4.79 Å². The average molecular weight is 255 g/mol. The molecule has 2 heteroatoms. The highest BCUT2D eigenvalue weighted by molar-refractivity contribution is 5.79. The third-order valence-electron chi connectivity index (χ3n) is 3.74. The molecule has 0 atom stereocenters. The number of rotatable bonds is 3. The summed E-state index contributed by atoms with van der Waals surface area (Å²) in [4.78, 5) is 11.3. The Bertz CT molecular complexity index is 434. The van der Waals surface area contributed by atoms with Crippen LogP contribution in [-0.4, -0.2) is 5.78 Å². The maximum absolute atomic E-state index is 11.3. The Morgan fingerprint density at radius 1 is 1.16 bits per heavy atom. The van der Waals surface area contributed by atoms with Crippen LogP contribution in [0.3, 0.4) is 0 Å². The van der Waals surface area contributed by atoms with Crippen LogP contribution < -0.4 is 0 Å². The van der Waals surface area contributed by atoms with E-state index in [1.165, 1.54) is 5.56 Å². The van der Waals surface area contributed by atoms with Gasteiger partial charge in [-0.05, 0) is 30.2 Å². The van der Waals surface area contributed by atoms with Crippen LogP contribution in [0.25, 0.3) is 0 Å². The van der Waals surface area contributed by atoms with Gasteiger partial charge in [0.1, 0.15) is 5.78 Å². The van der Waals surface area contributed by atoms with Gasteiger partial charge in [0.05, 0.1) is 6.07 Å². The van der Waals surface area contributed by atoms with Crippen molar-refractivity contribution in [1.29, 1.82) is 5.26 Å². The van der Waals surface area contributed by atoms with Crippen LogP contribution in [0.15, 0.2) is 43.5 Å². The lowest BCUT2D eigenvalue weighted by Crippen LogP contribution is -2.29. The molecule has 1 fully saturated rings. The second kappa shape index (κ2) is 7.53. The van der Waals surface area contributed by atoms with Gasteiger partial charge < -0.3 is 0 Å². The molecule has 0 heterocycles. The molecular formula is C17H21NO. The van der Waals surface area contributed by atoms with Crippen LogP contribution in [0.1, 0.15) is 37.7 Å². The number of hydrogen-bond donors (Lipinski definition) is 0. The lowest BCUT2D eigenvalue weighted by atomic mass is 9.68. The Morgan fingerprint density at radius 3 is 2.26 bits per heavy atom. The quantitative estimate of drug-likeness (QED) is 0.764. The smallest absolute Gasteiger partial charge is 0.132 e. The fraction of sp³-hybridized carbons (Fsp3) is 0.412. The molecule has 19 heavy (non-hydrogen) atoms. The average Bonchev–Trinajstić information content (AvgIpc) is 2.46. The minimum atomic E-state index is 0.0318. The van der Waals surface area contributed by atoms with Crippen LogP contribution in [0.2, 0.25) is 0 Å². The third-order valence-corrected chi connectivity index (χ3v) is 3.74. The Morgan fingerprint density at radius 2 is 1.74 bits per heavy atom. The predicted octanol–water partition coefficient (Wildman–Crippen LogP) is 4.07. The summed E-state index contributed by atoms with van der Waals surface area (Å²) in [5.74, 6) is 0.353. The first-order valence-electron chi connectivity index (χ1n) is 6.67. The summed E-state index contributed by atoms with van der Waals surface area (Å²) < 4.78 is 0. The van der Waals surface area contributed by atoms with Gasteiger partial charge in [-0.15, -0.1) is 13.2 Å². The molecule has 0 aliphatic heterocycles. The van der Waals surface area contributed by atoms with Gasteiger partial charge >= 0.3 is 0 Å². The van der Waals surface area contributed by atoms with E-state index in [4.69, 9.17) is 5.26 Å². The second-order valence-electron chi connectivity index (χ2n) is 5.04. The number of ketones is 1. The summed E-state index contributed by atoms with van der Waals surface area (Å²) in [5, 5.41) is 8.99. The van der Waals surface area contributed by atoms with Crippen LogP contribution in [0.5, 0.6) is 0 Å². The number of nitriles is 1. The number of nitrogens with zero attached hydrogens (tertiary/aromatic N) is 1. The fourth-order valence-corrected chi connectivity index (χ4v) is 2.67. The molecule has 0 spiro atoms. The second-order valence-corrected chi connectivity index (χ2v) is 5.04. The molecule has 0 saturated heterocycles. The van der Waals surface area contributed by atoms with Gasteiger partial charge in [0.2, 0.25) is 0 Å². The van der Waals surface area contributed by atoms with Gasteiger partial charge in [0.25, 0.3) is 0 Å². The summed E-state index contributed by atoms with van der Waals surface area (Å²) in [6.07, 6.45) is 4.52. The first-order chi connectivity index (χ1) is 9.24. The zero-order valence-electron chi connectivity index (χ0n) is 11.4. The summed E-state index contributed by atoms with van der Waals surface area (Å²) in [7, 11) is 0. The van der Waals surface area contributed by atoms with Crippen molar-refractivity contribution in [3.63, 3.8) is 0 Å². The minimum Gasteiger partial charge on any atom is -0.300 e. The number of carbonyl (C=O) groups is 1. The summed E-state index contributed by atoms with van der Waals surface area (Å²) in [6.45, 7) is 6.00. The highest BCUT2D eigenvalue weighted by Crippen LogP contribution is 2.40. The molecule has 0 bridgehead atoms. The van der Waals surface area contributed by atoms with E-state index in [0.29, 0.717) is 25.0 Å². The van der Waals surface area contributed by atoms with Gasteiger partial charge in [-0.3, -0.25) is 4.79 Å². The first kappa shape index (κ1) is 15.2. The number of hydrogen-bond acceptors (Lipinski definition) is 2. The van der Waals surface area contributed by atoms with Crippen molar-refractivity contribution in [3.05, 3.63) is 49.1 Å². The van der Waals surface area contributed by atoms with Crippen LogP contribution in [-0.2, 0) is 11.2 Å². The van der Waals surface area contributed by atoms with Gasteiger partial charge in [-0.2, -0.15) is 5.26 Å². The molecule has 0 radical (unpaired) electrons. The van der Waals surface area contributed by atoms with E-state index in [2.05, 4.69) is 31.4 Å². The number of Topliss-reactive ketones (excluding diaryl/α,β-unsaturated/α-hetero) is 1. The highest BCUT2D eigenvalue weighted by atomic mass is 16.1. The molecule has 1 aliphatic carbocycles. The molecule has 1 aromatic carbocycles. The fourth-order valence-electron chi connectivity index (χ4n) is 2.67. The van der Waals surface area contributed by atoms with Gasteiger partial charge in [0.15, 0.2) is 0 Å². The van der Waals surface area contributed by atoms with E-state index in [1.807, 2.05) is 18.2 Å². The third kappa shape index (κ3) is 4.37. The topological polar surface area (TPSA) is 40.9 Å². The van der Waals surface area contributed by atoms with E-state index in [1.54, 1.807) is 0 Å². The van der Waals surface area contributed by atoms with Crippen molar-refractivity contribution in [1.82, 2.24) is 0 Å². The lowest BCUT2D eigenvalue weighted by Gasteiger charge is -2.35. The Balaban J connectivity index is 0.000000861. The predicted molar refractivity (Wildman–Crippen MR) is 77.5 cm³/mol. The van der Waals surface area contributed by atoms with Crippen LogP contribution in [0.4, 0.5) is 0 Å². The first-order valence-corrected chi connectivity index (χ1v) is 6.67. The maximum atomic E-state index is 11.3. The van der Waals surface area contributed by atoms with E-state index in [-0.39, 0.29) is 5.41 Å². The molecule has 0 amide bonds. The van der Waals surface area contributed by atoms with Crippen LogP contribution >= 0.6 is 0 Å². The monoisotopic (exact) mass is 255 g/mol. The van der Waals surface area contributed by atoms with Crippen molar-refractivity contribution in [2.75, 3.05) is 0 Å². The molecular weight excluding hydrogens is 234 g/mol. The molecule has 0 N–H and O–H groups in total. The van der Waals surface area contributed by atoms with E-state index in [0.717, 1.165) is 19.3 Å². The molecule has 2 rings (SSSR count). The lowest BCUT2D eigenvalue weighted by molar-refractivity contribution is -0.122. The zero-order valence-corrected chi connectivity index (χ0v) is 11.4. The molecule has 100 valence electrons. The van der Waals surface area contributed by atoms with Crippen molar-refractivity contribution in [3.8, 4) is 6.07 Å². The molecule has 1 aliphatic rings. The van der Waals surface area contributed by atoms with Gasteiger partial charge in [0, 0.05) is 19.3 Å². The van der Waals surface area contributed by atoms with Gasteiger partial charge in [-0.25, -0.2) is 0 Å². The Kier molecular flexibility index (Phi) is 6.02. The Hall–Kier alpha value is -1.88. The summed E-state index contributed by atoms with van der Waals surface area (Å²) >= 11 is 0. The molecule has 2 nitrogen and oxygen atoms in total. The molecule has 1 aromatic rings. The zero-order chi connectivity index (χ0) is 14.1. The molecule has 0 aromatic heterocycles. The SMILES string of the molecule is C=C.N#CCC1(Cc2ccccc2)CCC(=O)CC1. The molecule has 0 unspecified atom stereocenters. The standard InChI is InChI=1S/C15H17NO.C2H4/c16-11-10-15(8-6-14(17)7-9-15)12-13-4-2-1-3-5-13;1-2/h1-5H,6-10,12H2;1-2H2. The maximum Gasteiger partial charge on any atom is 0.132 e. The highest BCUT2D eigenvalue weighted by Gasteiger charge is 2.34. The van der Waals surface area contributed by atoms with Crippen molar-refractivity contribution >= 4 is 5.78 Å². The van der Waals surface area contributed by atoms with Crippen molar-refractivity contribution < 1.29 is 4.79 Å². The normalized spacial score (nSPS) is 16.9. The molecule has 1 saturated carbocycles. The largest absolute Gasteiger partial charge is 0.300 e. The summed E-state index contributed by atoms with van der Waals surface area (Å²) in [6, 6.07) is 12.6. The number of carbonyl (C=O) groups excluding carboxylic acids is 1.